The van der Waals surface area contributed by atoms with Gasteiger partial charge in [-0.2, -0.15) is 0 Å². The number of amides is 3. The Morgan fingerprint density at radius 2 is 1.93 bits per heavy atom. The van der Waals surface area contributed by atoms with Gasteiger partial charge in [-0.3, -0.25) is 9.52 Å². The molecule has 0 spiro atoms. The first kappa shape index (κ1) is 30.8. The minimum atomic E-state index is -3.86. The lowest BCUT2D eigenvalue weighted by Crippen LogP contribution is -2.48. The van der Waals surface area contributed by atoms with E-state index in [9.17, 15) is 23.1 Å². The number of hydrogen-bond acceptors (Lipinski definition) is 8. The smallest absolute Gasteiger partial charge is 0.321 e. The lowest BCUT2D eigenvalue weighted by Gasteiger charge is -2.34. The van der Waals surface area contributed by atoms with E-state index >= 15 is 0 Å². The lowest BCUT2D eigenvalue weighted by atomic mass is 10.0. The van der Waals surface area contributed by atoms with Gasteiger partial charge in [-0.15, -0.1) is 0 Å². The van der Waals surface area contributed by atoms with Crippen molar-refractivity contribution in [2.24, 2.45) is 5.92 Å². The van der Waals surface area contributed by atoms with Crippen LogP contribution < -0.4 is 14.8 Å². The first-order chi connectivity index (χ1) is 19.9. The standard InChI is InChI=1S/C29H37N5O7S/c1-18-15-34(19(2)17-35)27(36)14-22-13-23(32-42(38,39)24-9-7-6-8-10-24)11-12-25(22)40-26(18)16-33(5)29(37)30-28-20(3)31-41-21(28)4/h6-13,18-19,26,32,35H,14-17H2,1-5H3,(H,30,37)/t18-,19-,26-/m0/s1. The SMILES string of the molecule is Cc1noc(C)c1NC(=O)N(C)C[C@@H]1Oc2ccc(NS(=O)(=O)c3ccccc3)cc2CC(=O)N([C@@H](C)CO)C[C@@H]1C. The van der Waals surface area contributed by atoms with Crippen molar-refractivity contribution in [2.45, 2.75) is 51.2 Å². The van der Waals surface area contributed by atoms with Crippen molar-refractivity contribution >= 4 is 33.3 Å². The number of aromatic nitrogens is 1. The molecule has 0 saturated carbocycles. The number of sulfonamides is 1. The van der Waals surface area contributed by atoms with Crippen molar-refractivity contribution in [3.8, 4) is 5.75 Å². The molecule has 0 saturated heterocycles. The number of aliphatic hydroxyl groups is 1. The quantitative estimate of drug-likeness (QED) is 0.356. The van der Waals surface area contributed by atoms with Gasteiger partial charge in [0.25, 0.3) is 10.0 Å². The molecule has 0 aliphatic carbocycles. The average molecular weight is 600 g/mol. The van der Waals surface area contributed by atoms with Gasteiger partial charge in [-0.1, -0.05) is 30.3 Å². The van der Waals surface area contributed by atoms with Crippen LogP contribution in [0.3, 0.4) is 0 Å². The third kappa shape index (κ3) is 7.02. The number of anilines is 2. The molecular weight excluding hydrogens is 562 g/mol. The van der Waals surface area contributed by atoms with Crippen molar-refractivity contribution in [1.82, 2.24) is 15.0 Å². The van der Waals surface area contributed by atoms with Gasteiger partial charge in [0.15, 0.2) is 5.76 Å². The summed E-state index contributed by atoms with van der Waals surface area (Å²) in [5, 5.41) is 16.6. The maximum atomic E-state index is 13.5. The predicted octanol–water partition coefficient (Wildman–Crippen LogP) is 3.41. The van der Waals surface area contributed by atoms with Gasteiger partial charge >= 0.3 is 6.03 Å². The van der Waals surface area contributed by atoms with Gasteiger partial charge in [0.1, 0.15) is 23.2 Å². The van der Waals surface area contributed by atoms with Crippen LogP contribution in [0, 0.1) is 19.8 Å². The average Bonchev–Trinajstić information content (AvgIpc) is 3.29. The zero-order valence-electron chi connectivity index (χ0n) is 24.3. The predicted molar refractivity (Wildman–Crippen MR) is 157 cm³/mol. The number of nitrogens with one attached hydrogen (secondary N) is 2. The van der Waals surface area contributed by atoms with Crippen LogP contribution in [0.2, 0.25) is 0 Å². The number of carbonyl (C=O) groups excluding carboxylic acids is 2. The molecule has 2 aromatic carbocycles. The summed E-state index contributed by atoms with van der Waals surface area (Å²) < 4.78 is 40.0. The number of benzene rings is 2. The molecular formula is C29H37N5O7S. The fourth-order valence-corrected chi connectivity index (χ4v) is 5.81. The Hall–Kier alpha value is -4.10. The number of hydrogen-bond donors (Lipinski definition) is 3. The van der Waals surface area contributed by atoms with Gasteiger partial charge in [0.2, 0.25) is 5.91 Å². The van der Waals surface area contributed by atoms with Crippen LogP contribution in [0.4, 0.5) is 16.2 Å². The molecule has 226 valence electrons. The Balaban J connectivity index is 1.62. The van der Waals surface area contributed by atoms with E-state index in [-0.39, 0.29) is 54.6 Å². The van der Waals surface area contributed by atoms with E-state index in [2.05, 4.69) is 15.2 Å². The third-order valence-electron chi connectivity index (χ3n) is 7.29. The number of aliphatic hydroxyl groups excluding tert-OH is 1. The topological polar surface area (TPSA) is 154 Å². The van der Waals surface area contributed by atoms with Crippen molar-refractivity contribution in [1.29, 1.82) is 0 Å². The first-order valence-corrected chi connectivity index (χ1v) is 15.1. The normalized spacial score (nSPS) is 18.1. The highest BCUT2D eigenvalue weighted by Gasteiger charge is 2.32. The van der Waals surface area contributed by atoms with Gasteiger partial charge in [-0.05, 0) is 51.1 Å². The zero-order chi connectivity index (χ0) is 30.6. The molecule has 2 heterocycles. The van der Waals surface area contributed by atoms with Crippen molar-refractivity contribution < 1.29 is 32.4 Å². The summed E-state index contributed by atoms with van der Waals surface area (Å²) in [7, 11) is -2.22. The van der Waals surface area contributed by atoms with Crippen LogP contribution in [-0.2, 0) is 21.2 Å². The maximum absolute atomic E-state index is 13.5. The summed E-state index contributed by atoms with van der Waals surface area (Å²) in [4.78, 5) is 29.7. The second kappa shape index (κ2) is 12.8. The maximum Gasteiger partial charge on any atom is 0.321 e. The molecule has 3 N–H and O–H groups in total. The summed E-state index contributed by atoms with van der Waals surface area (Å²) in [6.07, 6.45) is -0.613. The number of urea groups is 1. The van der Waals surface area contributed by atoms with E-state index in [1.165, 1.54) is 17.0 Å². The molecule has 3 atom stereocenters. The summed E-state index contributed by atoms with van der Waals surface area (Å²) in [6.45, 7) is 7.34. The monoisotopic (exact) mass is 599 g/mol. The second-order valence-electron chi connectivity index (χ2n) is 10.6. The Kier molecular flexibility index (Phi) is 9.42. The highest BCUT2D eigenvalue weighted by atomic mass is 32.2. The van der Waals surface area contributed by atoms with E-state index in [1.54, 1.807) is 69.1 Å². The van der Waals surface area contributed by atoms with Crippen LogP contribution >= 0.6 is 0 Å². The highest BCUT2D eigenvalue weighted by Crippen LogP contribution is 2.30. The highest BCUT2D eigenvalue weighted by molar-refractivity contribution is 7.92. The van der Waals surface area contributed by atoms with Gasteiger partial charge in [0, 0.05) is 30.8 Å². The molecule has 12 nitrogen and oxygen atoms in total. The molecule has 1 aliphatic heterocycles. The third-order valence-corrected chi connectivity index (χ3v) is 8.69. The molecule has 1 aliphatic rings. The van der Waals surface area contributed by atoms with Crippen LogP contribution in [0.5, 0.6) is 5.75 Å². The Labute approximate surface area is 245 Å². The summed E-state index contributed by atoms with van der Waals surface area (Å²) in [5.41, 5.74) is 1.81. The van der Waals surface area contributed by atoms with Gasteiger partial charge in [-0.25, -0.2) is 13.2 Å². The number of fused-ring (bicyclic) bond motifs is 1. The number of likely N-dealkylation sites (N-methyl/N-ethyl adjacent to an activating group) is 1. The fraction of sp³-hybridized carbons (Fsp3) is 0.414. The number of aryl methyl sites for hydroxylation is 2. The summed E-state index contributed by atoms with van der Waals surface area (Å²) >= 11 is 0. The van der Waals surface area contributed by atoms with Gasteiger partial charge in [0.05, 0.1) is 30.5 Å². The van der Waals surface area contributed by atoms with E-state index in [0.717, 1.165) is 0 Å². The molecule has 3 amide bonds. The fourth-order valence-electron chi connectivity index (χ4n) is 4.74. The largest absolute Gasteiger partial charge is 0.488 e. The second-order valence-corrected chi connectivity index (χ2v) is 12.3. The molecule has 0 fully saturated rings. The first-order valence-electron chi connectivity index (χ1n) is 13.6. The van der Waals surface area contributed by atoms with Crippen LogP contribution in [-0.4, -0.2) is 79.3 Å². The number of ether oxygens (including phenoxy) is 1. The van der Waals surface area contributed by atoms with E-state index < -0.39 is 22.2 Å². The Morgan fingerprint density at radius 3 is 2.57 bits per heavy atom. The molecule has 42 heavy (non-hydrogen) atoms. The number of rotatable bonds is 8. The molecule has 4 rings (SSSR count). The summed E-state index contributed by atoms with van der Waals surface area (Å²) in [5.74, 6) is 0.419. The minimum absolute atomic E-state index is 0.0671. The van der Waals surface area contributed by atoms with Crippen LogP contribution in [0.1, 0.15) is 30.9 Å². The van der Waals surface area contributed by atoms with E-state index in [4.69, 9.17) is 9.26 Å². The molecule has 1 aromatic heterocycles. The van der Waals surface area contributed by atoms with Crippen LogP contribution in [0.25, 0.3) is 0 Å². The van der Waals surface area contributed by atoms with Crippen molar-refractivity contribution in [3.05, 3.63) is 65.5 Å². The Bertz CT molecular complexity index is 1510. The molecule has 0 bridgehead atoms. The van der Waals surface area contributed by atoms with Crippen molar-refractivity contribution in [2.75, 3.05) is 36.8 Å². The molecule has 13 heteroatoms. The van der Waals surface area contributed by atoms with Crippen LogP contribution in [0.15, 0.2) is 57.9 Å². The molecule has 0 unspecified atom stereocenters. The lowest BCUT2D eigenvalue weighted by molar-refractivity contribution is -0.134. The number of nitrogens with zero attached hydrogens (tertiary/aromatic N) is 3. The molecule has 0 radical (unpaired) electrons. The van der Waals surface area contributed by atoms with Crippen molar-refractivity contribution in [3.63, 3.8) is 0 Å². The minimum Gasteiger partial charge on any atom is -0.488 e. The summed E-state index contributed by atoms with van der Waals surface area (Å²) in [6, 6.07) is 11.9. The molecule has 3 aromatic rings. The zero-order valence-corrected chi connectivity index (χ0v) is 25.1. The van der Waals surface area contributed by atoms with E-state index in [1.807, 2.05) is 6.92 Å². The van der Waals surface area contributed by atoms with E-state index in [0.29, 0.717) is 28.5 Å². The Morgan fingerprint density at radius 1 is 1.21 bits per heavy atom. The van der Waals surface area contributed by atoms with Gasteiger partial charge < -0.3 is 29.5 Å². The number of carbonyl (C=O) groups is 2.